The third kappa shape index (κ3) is 6.33. The summed E-state index contributed by atoms with van der Waals surface area (Å²) >= 11 is 1.14. The lowest BCUT2D eigenvalue weighted by Crippen LogP contribution is -2.13. The lowest BCUT2D eigenvalue weighted by Gasteiger charge is -2.05. The van der Waals surface area contributed by atoms with Gasteiger partial charge in [-0.25, -0.2) is 8.42 Å². The highest BCUT2D eigenvalue weighted by atomic mass is 32.2. The molecule has 8 nitrogen and oxygen atoms in total. The fourth-order valence-corrected chi connectivity index (χ4v) is 3.56. The summed E-state index contributed by atoms with van der Waals surface area (Å²) in [7, 11) is -3.33. The summed E-state index contributed by atoms with van der Waals surface area (Å²) in [4.78, 5) is 12.1. The second kappa shape index (κ2) is 9.10. The third-order valence-corrected chi connectivity index (χ3v) is 5.24. The van der Waals surface area contributed by atoms with Crippen LogP contribution in [0, 0.1) is 0 Å². The van der Waals surface area contributed by atoms with Gasteiger partial charge < -0.3 is 9.73 Å². The standard InChI is InChI=1S/C19H20N4O4S2/c1-3-13-4-8-15(9-5-13)20-17(24)12-28-19-22-21-18(27-19)14-6-10-16(11-7-14)23-29(2,25)26/h4-11,23H,3,12H2,1-2H3,(H,20,24). The number of carbonyl (C=O) groups is 1. The Morgan fingerprint density at radius 2 is 1.69 bits per heavy atom. The highest BCUT2D eigenvalue weighted by Gasteiger charge is 2.12. The minimum absolute atomic E-state index is 0.133. The summed E-state index contributed by atoms with van der Waals surface area (Å²) in [5.41, 5.74) is 3.02. The highest BCUT2D eigenvalue weighted by molar-refractivity contribution is 7.99. The van der Waals surface area contributed by atoms with Gasteiger partial charge in [0.15, 0.2) is 0 Å². The first kappa shape index (κ1) is 20.9. The molecule has 0 saturated carbocycles. The topological polar surface area (TPSA) is 114 Å². The molecule has 1 heterocycles. The molecule has 0 atom stereocenters. The van der Waals surface area contributed by atoms with Gasteiger partial charge in [-0.3, -0.25) is 9.52 Å². The number of carbonyl (C=O) groups excluding carboxylic acids is 1. The molecule has 2 N–H and O–H groups in total. The molecule has 0 aliphatic carbocycles. The van der Waals surface area contributed by atoms with Crippen molar-refractivity contribution in [2.45, 2.75) is 18.6 Å². The number of benzene rings is 2. The third-order valence-electron chi connectivity index (χ3n) is 3.81. The highest BCUT2D eigenvalue weighted by Crippen LogP contribution is 2.24. The first-order valence-electron chi connectivity index (χ1n) is 8.76. The van der Waals surface area contributed by atoms with Crippen LogP contribution in [0.5, 0.6) is 0 Å². The van der Waals surface area contributed by atoms with Gasteiger partial charge in [-0.2, -0.15) is 0 Å². The molecular formula is C19H20N4O4S2. The smallest absolute Gasteiger partial charge is 0.277 e. The molecule has 0 bridgehead atoms. The molecule has 0 fully saturated rings. The van der Waals surface area contributed by atoms with Gasteiger partial charge in [0.05, 0.1) is 12.0 Å². The lowest BCUT2D eigenvalue weighted by molar-refractivity contribution is -0.113. The Bertz CT molecular complexity index is 1080. The molecule has 0 aliphatic heterocycles. The van der Waals surface area contributed by atoms with Crippen LogP contribution in [-0.2, 0) is 21.2 Å². The van der Waals surface area contributed by atoms with Crippen molar-refractivity contribution in [2.75, 3.05) is 22.0 Å². The fourth-order valence-electron chi connectivity index (χ4n) is 2.43. The quantitative estimate of drug-likeness (QED) is 0.524. The number of nitrogens with zero attached hydrogens (tertiary/aromatic N) is 2. The van der Waals surface area contributed by atoms with E-state index < -0.39 is 10.0 Å². The van der Waals surface area contributed by atoms with Crippen LogP contribution in [0.15, 0.2) is 58.2 Å². The van der Waals surface area contributed by atoms with Crippen LogP contribution in [0.25, 0.3) is 11.5 Å². The fraction of sp³-hybridized carbons (Fsp3) is 0.211. The second-order valence-corrected chi connectivity index (χ2v) is 8.89. The Morgan fingerprint density at radius 3 is 2.31 bits per heavy atom. The average molecular weight is 433 g/mol. The first-order chi connectivity index (χ1) is 13.8. The Hall–Kier alpha value is -2.85. The molecule has 3 aromatic rings. The number of thioether (sulfide) groups is 1. The molecule has 0 saturated heterocycles. The second-order valence-electron chi connectivity index (χ2n) is 6.21. The zero-order valence-electron chi connectivity index (χ0n) is 15.9. The van der Waals surface area contributed by atoms with E-state index in [0.717, 1.165) is 30.1 Å². The van der Waals surface area contributed by atoms with Crippen molar-refractivity contribution in [1.82, 2.24) is 10.2 Å². The van der Waals surface area contributed by atoms with Crippen LogP contribution in [0.3, 0.4) is 0 Å². The molecule has 29 heavy (non-hydrogen) atoms. The summed E-state index contributed by atoms with van der Waals surface area (Å²) in [6, 6.07) is 14.2. The average Bonchev–Trinajstić information content (AvgIpc) is 3.15. The lowest BCUT2D eigenvalue weighted by atomic mass is 10.1. The first-order valence-corrected chi connectivity index (χ1v) is 11.6. The largest absolute Gasteiger partial charge is 0.411 e. The minimum atomic E-state index is -3.33. The Balaban J connectivity index is 1.55. The number of hydrogen-bond donors (Lipinski definition) is 2. The van der Waals surface area contributed by atoms with E-state index in [2.05, 4.69) is 27.2 Å². The molecule has 0 radical (unpaired) electrons. The van der Waals surface area contributed by atoms with Gasteiger partial charge in [0.2, 0.25) is 21.8 Å². The van der Waals surface area contributed by atoms with Crippen LogP contribution in [-0.4, -0.2) is 36.5 Å². The molecule has 1 aromatic heterocycles. The summed E-state index contributed by atoms with van der Waals surface area (Å²) < 4.78 is 30.4. The van der Waals surface area contributed by atoms with Crippen LogP contribution < -0.4 is 10.0 Å². The van der Waals surface area contributed by atoms with E-state index in [1.165, 1.54) is 5.56 Å². The van der Waals surface area contributed by atoms with E-state index in [9.17, 15) is 13.2 Å². The number of hydrogen-bond acceptors (Lipinski definition) is 7. The number of nitrogens with one attached hydrogen (secondary N) is 2. The molecule has 152 valence electrons. The van der Waals surface area contributed by atoms with Crippen molar-refractivity contribution in [2.24, 2.45) is 0 Å². The van der Waals surface area contributed by atoms with Crippen molar-refractivity contribution in [1.29, 1.82) is 0 Å². The van der Waals surface area contributed by atoms with Gasteiger partial charge in [-0.15, -0.1) is 10.2 Å². The van der Waals surface area contributed by atoms with Gasteiger partial charge in [-0.1, -0.05) is 30.8 Å². The number of sulfonamides is 1. The van der Waals surface area contributed by atoms with Crippen LogP contribution in [0.4, 0.5) is 11.4 Å². The molecule has 1 amide bonds. The monoisotopic (exact) mass is 432 g/mol. The van der Waals surface area contributed by atoms with Gasteiger partial charge in [0.1, 0.15) is 0 Å². The molecule has 10 heteroatoms. The van der Waals surface area contributed by atoms with Crippen molar-refractivity contribution in [3.8, 4) is 11.5 Å². The molecule has 3 rings (SSSR count). The number of amides is 1. The molecule has 0 unspecified atom stereocenters. The minimum Gasteiger partial charge on any atom is -0.411 e. The molecule has 0 spiro atoms. The number of anilines is 2. The summed E-state index contributed by atoms with van der Waals surface area (Å²) in [5, 5.41) is 11.0. The van der Waals surface area contributed by atoms with Crippen LogP contribution in [0.1, 0.15) is 12.5 Å². The maximum atomic E-state index is 12.1. The zero-order valence-corrected chi connectivity index (χ0v) is 17.5. The molecule has 0 aliphatic rings. The van der Waals surface area contributed by atoms with Gasteiger partial charge in [0.25, 0.3) is 5.22 Å². The van der Waals surface area contributed by atoms with E-state index in [4.69, 9.17) is 4.42 Å². The van der Waals surface area contributed by atoms with Gasteiger partial charge >= 0.3 is 0 Å². The van der Waals surface area contributed by atoms with E-state index in [1.54, 1.807) is 24.3 Å². The van der Waals surface area contributed by atoms with Crippen LogP contribution in [0.2, 0.25) is 0 Å². The van der Waals surface area contributed by atoms with Gasteiger partial charge in [-0.05, 0) is 48.4 Å². The van der Waals surface area contributed by atoms with Gasteiger partial charge in [0, 0.05) is 16.9 Å². The summed E-state index contributed by atoms with van der Waals surface area (Å²) in [6.07, 6.45) is 2.03. The normalized spacial score (nSPS) is 11.2. The van der Waals surface area contributed by atoms with Crippen molar-refractivity contribution in [3.05, 3.63) is 54.1 Å². The maximum absolute atomic E-state index is 12.1. The van der Waals surface area contributed by atoms with E-state index in [0.29, 0.717) is 11.3 Å². The Morgan fingerprint density at radius 1 is 1.03 bits per heavy atom. The number of aromatic nitrogens is 2. The predicted molar refractivity (Wildman–Crippen MR) is 113 cm³/mol. The van der Waals surface area contributed by atoms with E-state index in [-0.39, 0.29) is 22.8 Å². The van der Waals surface area contributed by atoms with Crippen molar-refractivity contribution in [3.63, 3.8) is 0 Å². The zero-order chi connectivity index (χ0) is 20.9. The van der Waals surface area contributed by atoms with E-state index in [1.807, 2.05) is 24.3 Å². The number of rotatable bonds is 8. The molecular weight excluding hydrogens is 412 g/mol. The maximum Gasteiger partial charge on any atom is 0.277 e. The number of aryl methyl sites for hydroxylation is 1. The van der Waals surface area contributed by atoms with E-state index >= 15 is 0 Å². The SMILES string of the molecule is CCc1ccc(NC(=O)CSc2nnc(-c3ccc(NS(C)(=O)=O)cc3)o2)cc1. The predicted octanol–water partition coefficient (Wildman–Crippen LogP) is 3.40. The van der Waals surface area contributed by atoms with Crippen molar-refractivity contribution < 1.29 is 17.6 Å². The summed E-state index contributed by atoms with van der Waals surface area (Å²) in [5.74, 6) is 0.248. The molecule has 2 aromatic carbocycles. The Kier molecular flexibility index (Phi) is 6.55. The summed E-state index contributed by atoms with van der Waals surface area (Å²) in [6.45, 7) is 2.07. The van der Waals surface area contributed by atoms with Crippen molar-refractivity contribution >= 4 is 39.1 Å². The Labute approximate surface area is 173 Å². The van der Waals surface area contributed by atoms with Crippen LogP contribution >= 0.6 is 11.8 Å².